The Morgan fingerprint density at radius 2 is 0.662 bits per heavy atom. The highest BCUT2D eigenvalue weighted by Crippen LogP contribution is 2.14. The quantitative estimate of drug-likeness (QED) is 0.0345. The number of rotatable bonds is 52. The summed E-state index contributed by atoms with van der Waals surface area (Å²) in [5.41, 5.74) is 0. The van der Waals surface area contributed by atoms with E-state index in [4.69, 9.17) is 14.2 Å². The molecule has 1 unspecified atom stereocenters. The Morgan fingerprint density at radius 1 is 0.338 bits per heavy atom. The van der Waals surface area contributed by atoms with Gasteiger partial charge in [-0.1, -0.05) is 234 Å². The van der Waals surface area contributed by atoms with Gasteiger partial charge in [-0.25, -0.2) is 0 Å². The molecule has 0 fully saturated rings. The van der Waals surface area contributed by atoms with Crippen LogP contribution in [0, 0.1) is 0 Å². The van der Waals surface area contributed by atoms with E-state index in [2.05, 4.69) is 118 Å². The van der Waals surface area contributed by atoms with Crippen molar-refractivity contribution in [2.24, 2.45) is 0 Å². The molecule has 0 aliphatic heterocycles. The second-order valence-corrected chi connectivity index (χ2v) is 18.8. The molecule has 0 aromatic rings. The van der Waals surface area contributed by atoms with Crippen LogP contribution in [0.1, 0.15) is 265 Å². The van der Waals surface area contributed by atoms with E-state index in [1.54, 1.807) is 0 Å². The molecule has 0 bridgehead atoms. The molecular weight excluding hydrogens is 837 g/mol. The molecule has 5 heteroatoms. The summed E-state index contributed by atoms with van der Waals surface area (Å²) in [6.07, 6.45) is 78.5. The number of unbranched alkanes of at least 4 members (excludes halogenated alkanes) is 25. The number of esters is 2. The van der Waals surface area contributed by atoms with E-state index >= 15 is 0 Å². The SMILES string of the molecule is CC/C=C\C/C=C\C/C=C\C/C=C\CCCCCCC(=O)OCC(COCCCCCCCCCC/C=C\CCCCCCCC)OC(=O)CCCCCCCCC/C=C\C/C=C\C/C=C\CC. The minimum atomic E-state index is -0.559. The third kappa shape index (κ3) is 55.4. The van der Waals surface area contributed by atoms with Gasteiger partial charge in [0.15, 0.2) is 6.10 Å². The van der Waals surface area contributed by atoms with Gasteiger partial charge in [-0.2, -0.15) is 0 Å². The van der Waals surface area contributed by atoms with E-state index in [0.29, 0.717) is 19.4 Å². The average molecular weight is 946 g/mol. The van der Waals surface area contributed by atoms with Gasteiger partial charge >= 0.3 is 11.9 Å². The first-order valence-corrected chi connectivity index (χ1v) is 28.8. The first-order valence-electron chi connectivity index (χ1n) is 28.8. The molecule has 390 valence electrons. The molecule has 0 heterocycles. The summed E-state index contributed by atoms with van der Waals surface area (Å²) in [5.74, 6) is -0.435. The lowest BCUT2D eigenvalue weighted by Gasteiger charge is -2.18. The van der Waals surface area contributed by atoms with Crippen LogP contribution in [0.5, 0.6) is 0 Å². The Labute approximate surface area is 422 Å². The van der Waals surface area contributed by atoms with Crippen LogP contribution in [-0.2, 0) is 23.8 Å². The molecule has 0 spiro atoms. The van der Waals surface area contributed by atoms with Crippen molar-refractivity contribution >= 4 is 11.9 Å². The molecule has 5 nitrogen and oxygen atoms in total. The first kappa shape index (κ1) is 64.8. The number of carbonyl (C=O) groups is 2. The number of hydrogen-bond acceptors (Lipinski definition) is 5. The van der Waals surface area contributed by atoms with Crippen molar-refractivity contribution in [1.82, 2.24) is 0 Å². The molecule has 0 radical (unpaired) electrons. The number of carbonyl (C=O) groups excluding carboxylic acids is 2. The van der Waals surface area contributed by atoms with Gasteiger partial charge in [0, 0.05) is 19.4 Å². The molecule has 68 heavy (non-hydrogen) atoms. The Kier molecular flexibility index (Phi) is 55.4. The third-order valence-electron chi connectivity index (χ3n) is 12.1. The van der Waals surface area contributed by atoms with E-state index in [-0.39, 0.29) is 25.2 Å². The molecule has 0 aromatic carbocycles. The molecule has 0 saturated heterocycles. The summed E-state index contributed by atoms with van der Waals surface area (Å²) < 4.78 is 17.5. The molecule has 0 aliphatic rings. The monoisotopic (exact) mass is 945 g/mol. The van der Waals surface area contributed by atoms with Crippen LogP contribution in [0.2, 0.25) is 0 Å². The van der Waals surface area contributed by atoms with Crippen molar-refractivity contribution < 1.29 is 23.8 Å². The Hall–Kier alpha value is -3.18. The van der Waals surface area contributed by atoms with Crippen LogP contribution in [0.25, 0.3) is 0 Å². The summed E-state index contributed by atoms with van der Waals surface area (Å²) >= 11 is 0. The topological polar surface area (TPSA) is 61.8 Å². The van der Waals surface area contributed by atoms with Gasteiger partial charge < -0.3 is 14.2 Å². The minimum absolute atomic E-state index is 0.0633. The zero-order valence-electron chi connectivity index (χ0n) is 44.8. The predicted octanol–water partition coefficient (Wildman–Crippen LogP) is 19.8. The van der Waals surface area contributed by atoms with Crippen molar-refractivity contribution in [3.63, 3.8) is 0 Å². The predicted molar refractivity (Wildman–Crippen MR) is 297 cm³/mol. The highest BCUT2D eigenvalue weighted by Gasteiger charge is 2.17. The maximum atomic E-state index is 12.9. The second-order valence-electron chi connectivity index (χ2n) is 18.8. The Morgan fingerprint density at radius 3 is 1.07 bits per heavy atom. The van der Waals surface area contributed by atoms with Crippen molar-refractivity contribution in [3.05, 3.63) is 97.2 Å². The van der Waals surface area contributed by atoms with Gasteiger partial charge in [-0.15, -0.1) is 0 Å². The van der Waals surface area contributed by atoms with Crippen molar-refractivity contribution in [1.29, 1.82) is 0 Å². The fourth-order valence-electron chi connectivity index (χ4n) is 7.86. The molecule has 0 aromatic heterocycles. The van der Waals surface area contributed by atoms with Gasteiger partial charge in [-0.3, -0.25) is 9.59 Å². The highest BCUT2D eigenvalue weighted by atomic mass is 16.6. The molecule has 1 atom stereocenters. The summed E-state index contributed by atoms with van der Waals surface area (Å²) in [5, 5.41) is 0. The van der Waals surface area contributed by atoms with Crippen LogP contribution in [-0.4, -0.2) is 37.9 Å². The number of ether oxygens (including phenoxy) is 3. The van der Waals surface area contributed by atoms with E-state index in [1.165, 1.54) is 116 Å². The van der Waals surface area contributed by atoms with Crippen molar-refractivity contribution in [2.45, 2.75) is 271 Å². The number of allylic oxidation sites excluding steroid dienone is 16. The fraction of sp³-hybridized carbons (Fsp3) is 0.714. The van der Waals surface area contributed by atoms with Gasteiger partial charge in [0.25, 0.3) is 0 Å². The number of hydrogen-bond donors (Lipinski definition) is 0. The second kappa shape index (κ2) is 58.1. The summed E-state index contributed by atoms with van der Waals surface area (Å²) in [4.78, 5) is 25.5. The molecular formula is C63H108O5. The summed E-state index contributed by atoms with van der Waals surface area (Å²) in [6.45, 7) is 7.58. The maximum Gasteiger partial charge on any atom is 0.306 e. The normalized spacial score (nSPS) is 12.9. The van der Waals surface area contributed by atoms with Gasteiger partial charge in [0.05, 0.1) is 6.61 Å². The minimum Gasteiger partial charge on any atom is -0.462 e. The highest BCUT2D eigenvalue weighted by molar-refractivity contribution is 5.70. The summed E-state index contributed by atoms with van der Waals surface area (Å²) in [7, 11) is 0. The Bertz CT molecular complexity index is 1300. The lowest BCUT2D eigenvalue weighted by Crippen LogP contribution is -2.30. The lowest BCUT2D eigenvalue weighted by molar-refractivity contribution is -0.163. The standard InChI is InChI=1S/C63H108O5/c1-4-7-10-13-16-19-22-25-28-31-34-37-40-43-46-49-52-55-58-66-59-61(68-63(65)57-54-51-48-45-42-39-36-33-30-27-24-21-18-15-12-9-6-3)60-67-62(64)56-53-50-47-44-41-38-35-32-29-26-23-20-17-14-11-8-5-2/h8-9,11-12,17-18,20-21,25-30,35,38,61H,4-7,10,13-16,19,22-24,31-34,36-37,39-60H2,1-3H3/b11-8-,12-9-,20-17-,21-18-,28-25-,29-26-,30-27-,38-35-. The molecule has 0 saturated carbocycles. The zero-order chi connectivity index (χ0) is 49.2. The van der Waals surface area contributed by atoms with Crippen LogP contribution < -0.4 is 0 Å². The van der Waals surface area contributed by atoms with E-state index in [1.807, 2.05) is 0 Å². The van der Waals surface area contributed by atoms with E-state index < -0.39 is 6.10 Å². The largest absolute Gasteiger partial charge is 0.462 e. The van der Waals surface area contributed by atoms with Gasteiger partial charge in [0.1, 0.15) is 6.61 Å². The van der Waals surface area contributed by atoms with Crippen LogP contribution in [0.15, 0.2) is 97.2 Å². The average Bonchev–Trinajstić information content (AvgIpc) is 3.34. The first-order chi connectivity index (χ1) is 33.6. The van der Waals surface area contributed by atoms with Crippen molar-refractivity contribution in [3.8, 4) is 0 Å². The van der Waals surface area contributed by atoms with Gasteiger partial charge in [0.2, 0.25) is 0 Å². The van der Waals surface area contributed by atoms with E-state index in [9.17, 15) is 9.59 Å². The molecule has 0 N–H and O–H groups in total. The molecule has 0 amide bonds. The fourth-order valence-corrected chi connectivity index (χ4v) is 7.86. The lowest BCUT2D eigenvalue weighted by atomic mass is 10.1. The maximum absolute atomic E-state index is 12.9. The van der Waals surface area contributed by atoms with Crippen LogP contribution >= 0.6 is 0 Å². The van der Waals surface area contributed by atoms with Crippen LogP contribution in [0.3, 0.4) is 0 Å². The van der Waals surface area contributed by atoms with Crippen molar-refractivity contribution in [2.75, 3.05) is 19.8 Å². The molecule has 0 rings (SSSR count). The van der Waals surface area contributed by atoms with Gasteiger partial charge in [-0.05, 0) is 116 Å². The molecule has 0 aliphatic carbocycles. The smallest absolute Gasteiger partial charge is 0.306 e. The summed E-state index contributed by atoms with van der Waals surface area (Å²) in [6, 6.07) is 0. The Balaban J connectivity index is 4.35. The van der Waals surface area contributed by atoms with Crippen LogP contribution in [0.4, 0.5) is 0 Å². The third-order valence-corrected chi connectivity index (χ3v) is 12.1. The van der Waals surface area contributed by atoms with E-state index in [0.717, 1.165) is 116 Å². The zero-order valence-corrected chi connectivity index (χ0v) is 44.8.